The first kappa shape index (κ1) is 10.9. The van der Waals surface area contributed by atoms with Crippen LogP contribution in [0.5, 0.6) is 0 Å². The smallest absolute Gasteiger partial charge is 0.308 e. The summed E-state index contributed by atoms with van der Waals surface area (Å²) in [6.07, 6.45) is 0.492. The Labute approximate surface area is 91.3 Å². The summed E-state index contributed by atoms with van der Waals surface area (Å²) in [5.74, 6) is -2.62. The first-order chi connectivity index (χ1) is 7.58. The van der Waals surface area contributed by atoms with Crippen LogP contribution in [0.3, 0.4) is 0 Å². The number of halogens is 2. The van der Waals surface area contributed by atoms with Gasteiger partial charge < -0.3 is 10.0 Å². The number of hydrogen-bond acceptors (Lipinski definition) is 2. The summed E-state index contributed by atoms with van der Waals surface area (Å²) >= 11 is 0. The first-order valence-electron chi connectivity index (χ1n) is 5.00. The molecule has 0 spiro atoms. The Balaban J connectivity index is 2.17. The van der Waals surface area contributed by atoms with E-state index in [9.17, 15) is 13.6 Å². The maximum atomic E-state index is 13.4. The van der Waals surface area contributed by atoms with Crippen LogP contribution in [0.25, 0.3) is 0 Å². The Hall–Kier alpha value is -1.65. The molecule has 0 radical (unpaired) electrons. The molecule has 1 saturated heterocycles. The summed E-state index contributed by atoms with van der Waals surface area (Å²) < 4.78 is 26.1. The Kier molecular flexibility index (Phi) is 2.77. The van der Waals surface area contributed by atoms with E-state index < -0.39 is 23.5 Å². The van der Waals surface area contributed by atoms with Crippen molar-refractivity contribution in [1.29, 1.82) is 0 Å². The highest BCUT2D eigenvalue weighted by Gasteiger charge is 2.29. The van der Waals surface area contributed by atoms with Crippen molar-refractivity contribution in [3.05, 3.63) is 29.8 Å². The molecule has 16 heavy (non-hydrogen) atoms. The lowest BCUT2D eigenvalue weighted by Gasteiger charge is -2.18. The first-order valence-corrected chi connectivity index (χ1v) is 5.00. The van der Waals surface area contributed by atoms with Crippen LogP contribution >= 0.6 is 0 Å². The molecule has 1 aliphatic rings. The van der Waals surface area contributed by atoms with Crippen LogP contribution in [-0.4, -0.2) is 24.2 Å². The zero-order valence-electron chi connectivity index (χ0n) is 8.49. The van der Waals surface area contributed by atoms with Crippen LogP contribution < -0.4 is 4.90 Å². The van der Waals surface area contributed by atoms with E-state index in [-0.39, 0.29) is 12.2 Å². The standard InChI is InChI=1S/C11H11F2NO2/c12-8-1-2-10(9(13)5-8)14-4-3-7(6-14)11(15)16/h1-2,5,7H,3-4,6H2,(H,15,16). The highest BCUT2D eigenvalue weighted by Crippen LogP contribution is 2.26. The third-order valence-corrected chi connectivity index (χ3v) is 2.79. The Morgan fingerprint density at radius 3 is 2.75 bits per heavy atom. The molecular formula is C11H11F2NO2. The van der Waals surface area contributed by atoms with E-state index in [1.54, 1.807) is 4.90 Å². The minimum atomic E-state index is -0.870. The topological polar surface area (TPSA) is 40.5 Å². The van der Waals surface area contributed by atoms with Gasteiger partial charge in [-0.05, 0) is 18.6 Å². The number of carbonyl (C=O) groups is 1. The molecule has 5 heteroatoms. The lowest BCUT2D eigenvalue weighted by atomic mass is 10.1. The largest absolute Gasteiger partial charge is 0.481 e. The van der Waals surface area contributed by atoms with Crippen LogP contribution in [0, 0.1) is 17.6 Å². The number of rotatable bonds is 2. The van der Waals surface area contributed by atoms with Gasteiger partial charge in [-0.2, -0.15) is 0 Å². The lowest BCUT2D eigenvalue weighted by molar-refractivity contribution is -0.140. The van der Waals surface area contributed by atoms with Crippen molar-refractivity contribution in [3.63, 3.8) is 0 Å². The van der Waals surface area contributed by atoms with Crippen LogP contribution in [-0.2, 0) is 4.79 Å². The van der Waals surface area contributed by atoms with Gasteiger partial charge in [-0.15, -0.1) is 0 Å². The third kappa shape index (κ3) is 1.98. The quantitative estimate of drug-likeness (QED) is 0.838. The van der Waals surface area contributed by atoms with Gasteiger partial charge in [0.05, 0.1) is 11.6 Å². The molecule has 1 aromatic rings. The second-order valence-corrected chi connectivity index (χ2v) is 3.87. The predicted octanol–water partition coefficient (Wildman–Crippen LogP) is 1.88. The minimum absolute atomic E-state index is 0.269. The Morgan fingerprint density at radius 2 is 2.19 bits per heavy atom. The van der Waals surface area contributed by atoms with Gasteiger partial charge >= 0.3 is 5.97 Å². The third-order valence-electron chi connectivity index (χ3n) is 2.79. The summed E-state index contributed by atoms with van der Waals surface area (Å²) in [6, 6.07) is 3.32. The molecule has 0 bridgehead atoms. The van der Waals surface area contributed by atoms with Crippen LogP contribution in [0.4, 0.5) is 14.5 Å². The average Bonchev–Trinajstić information content (AvgIpc) is 2.66. The molecule has 1 atom stereocenters. The number of benzene rings is 1. The number of carboxylic acids is 1. The van der Waals surface area contributed by atoms with Gasteiger partial charge in [-0.3, -0.25) is 4.79 Å². The van der Waals surface area contributed by atoms with Gasteiger partial charge in [-0.25, -0.2) is 8.78 Å². The van der Waals surface area contributed by atoms with Crippen molar-refractivity contribution in [3.8, 4) is 0 Å². The molecule has 1 heterocycles. The van der Waals surface area contributed by atoms with E-state index in [1.807, 2.05) is 0 Å². The summed E-state index contributed by atoms with van der Waals surface area (Å²) in [7, 11) is 0. The lowest BCUT2D eigenvalue weighted by Crippen LogP contribution is -2.23. The van der Waals surface area contributed by atoms with E-state index in [0.717, 1.165) is 6.07 Å². The van der Waals surface area contributed by atoms with Crippen molar-refractivity contribution in [2.45, 2.75) is 6.42 Å². The van der Waals surface area contributed by atoms with Gasteiger partial charge in [-0.1, -0.05) is 0 Å². The van der Waals surface area contributed by atoms with E-state index in [0.29, 0.717) is 13.0 Å². The molecule has 86 valence electrons. The number of carboxylic acid groups (broad SMARTS) is 1. The number of anilines is 1. The summed E-state index contributed by atoms with van der Waals surface area (Å²) in [6.45, 7) is 0.761. The van der Waals surface area contributed by atoms with E-state index in [4.69, 9.17) is 5.11 Å². The van der Waals surface area contributed by atoms with E-state index >= 15 is 0 Å². The van der Waals surface area contributed by atoms with Crippen LogP contribution in [0.1, 0.15) is 6.42 Å². The van der Waals surface area contributed by atoms with Gasteiger partial charge in [0.15, 0.2) is 0 Å². The molecule has 1 aliphatic heterocycles. The number of hydrogen-bond donors (Lipinski definition) is 1. The predicted molar refractivity (Wildman–Crippen MR) is 54.3 cm³/mol. The maximum absolute atomic E-state index is 13.4. The van der Waals surface area contributed by atoms with Crippen LogP contribution in [0.15, 0.2) is 18.2 Å². The van der Waals surface area contributed by atoms with Gasteiger partial charge in [0.1, 0.15) is 11.6 Å². The highest BCUT2D eigenvalue weighted by atomic mass is 19.1. The molecular weight excluding hydrogens is 216 g/mol. The zero-order chi connectivity index (χ0) is 11.7. The minimum Gasteiger partial charge on any atom is -0.481 e. The van der Waals surface area contributed by atoms with E-state index in [1.165, 1.54) is 12.1 Å². The molecule has 1 N–H and O–H groups in total. The Morgan fingerprint density at radius 1 is 1.44 bits per heavy atom. The van der Waals surface area contributed by atoms with Gasteiger partial charge in [0.2, 0.25) is 0 Å². The monoisotopic (exact) mass is 227 g/mol. The Bertz CT molecular complexity index is 422. The van der Waals surface area contributed by atoms with Crippen molar-refractivity contribution >= 4 is 11.7 Å². The molecule has 0 aliphatic carbocycles. The van der Waals surface area contributed by atoms with Gasteiger partial charge in [0, 0.05) is 19.2 Å². The average molecular weight is 227 g/mol. The molecule has 0 saturated carbocycles. The molecule has 1 fully saturated rings. The SMILES string of the molecule is O=C(O)C1CCN(c2ccc(F)cc2F)C1. The number of nitrogens with zero attached hydrogens (tertiary/aromatic N) is 1. The van der Waals surface area contributed by atoms with Crippen LogP contribution in [0.2, 0.25) is 0 Å². The normalized spacial score (nSPS) is 20.1. The summed E-state index contributed by atoms with van der Waals surface area (Å²) in [5.41, 5.74) is 0.269. The fourth-order valence-corrected chi connectivity index (χ4v) is 1.92. The fourth-order valence-electron chi connectivity index (χ4n) is 1.92. The van der Waals surface area contributed by atoms with Crippen molar-refractivity contribution in [1.82, 2.24) is 0 Å². The van der Waals surface area contributed by atoms with Crippen molar-refractivity contribution < 1.29 is 18.7 Å². The summed E-state index contributed by atoms with van der Waals surface area (Å²) in [4.78, 5) is 12.4. The highest BCUT2D eigenvalue weighted by molar-refractivity contribution is 5.72. The molecule has 0 aromatic heterocycles. The molecule has 1 aromatic carbocycles. The maximum Gasteiger partial charge on any atom is 0.308 e. The second kappa shape index (κ2) is 4.08. The molecule has 2 rings (SSSR count). The van der Waals surface area contributed by atoms with Gasteiger partial charge in [0.25, 0.3) is 0 Å². The summed E-state index contributed by atoms with van der Waals surface area (Å²) in [5, 5.41) is 8.81. The van der Waals surface area contributed by atoms with Crippen molar-refractivity contribution in [2.24, 2.45) is 5.92 Å². The van der Waals surface area contributed by atoms with E-state index in [2.05, 4.69) is 0 Å². The molecule has 1 unspecified atom stereocenters. The zero-order valence-corrected chi connectivity index (χ0v) is 8.49. The number of aliphatic carboxylic acids is 1. The second-order valence-electron chi connectivity index (χ2n) is 3.87. The fraction of sp³-hybridized carbons (Fsp3) is 0.364. The molecule has 0 amide bonds. The molecule has 3 nitrogen and oxygen atoms in total. The van der Waals surface area contributed by atoms with Crippen molar-refractivity contribution in [2.75, 3.05) is 18.0 Å².